The Morgan fingerprint density at radius 1 is 1.19 bits per heavy atom. The van der Waals surface area contributed by atoms with Crippen LogP contribution < -0.4 is 11.1 Å². The molecule has 4 nitrogen and oxygen atoms in total. The second kappa shape index (κ2) is 8.44. The lowest BCUT2D eigenvalue weighted by atomic mass is 9.77. The molecule has 0 atom stereocenters. The molecular formula is C20H28F2N2O2. The van der Waals surface area contributed by atoms with E-state index in [9.17, 15) is 13.6 Å². The summed E-state index contributed by atoms with van der Waals surface area (Å²) in [7, 11) is 0. The summed E-state index contributed by atoms with van der Waals surface area (Å²) < 4.78 is 32.4. The van der Waals surface area contributed by atoms with E-state index in [4.69, 9.17) is 10.5 Å². The van der Waals surface area contributed by atoms with Gasteiger partial charge in [0.15, 0.2) is 0 Å². The predicted octanol–water partition coefficient (Wildman–Crippen LogP) is 3.25. The Labute approximate surface area is 153 Å². The molecular weight excluding hydrogens is 338 g/mol. The van der Waals surface area contributed by atoms with Crippen molar-refractivity contribution >= 4 is 5.91 Å². The summed E-state index contributed by atoms with van der Waals surface area (Å²) in [5.41, 5.74) is 5.61. The SMILES string of the molecule is NC(=O)C1(NCC[C@H]2CC[C@H](c3ccc(F)cc3F)CC2)CCOCC1. The number of primary amides is 1. The van der Waals surface area contributed by atoms with Gasteiger partial charge >= 0.3 is 0 Å². The molecule has 0 unspecified atom stereocenters. The highest BCUT2D eigenvalue weighted by Gasteiger charge is 2.38. The van der Waals surface area contributed by atoms with Crippen molar-refractivity contribution in [2.24, 2.45) is 11.7 Å². The zero-order valence-electron chi connectivity index (χ0n) is 15.1. The first kappa shape index (κ1) is 19.2. The first-order valence-corrected chi connectivity index (χ1v) is 9.58. The van der Waals surface area contributed by atoms with Crippen LogP contribution in [0.4, 0.5) is 8.78 Å². The largest absolute Gasteiger partial charge is 0.381 e. The molecule has 0 bridgehead atoms. The van der Waals surface area contributed by atoms with Crippen LogP contribution in [0, 0.1) is 17.6 Å². The Morgan fingerprint density at radius 2 is 1.88 bits per heavy atom. The number of nitrogens with one attached hydrogen (secondary N) is 1. The molecule has 1 heterocycles. The highest BCUT2D eigenvalue weighted by molar-refractivity contribution is 5.84. The van der Waals surface area contributed by atoms with Crippen molar-refractivity contribution in [3.8, 4) is 0 Å². The van der Waals surface area contributed by atoms with Gasteiger partial charge in [-0.3, -0.25) is 4.79 Å². The average Bonchev–Trinajstić information content (AvgIpc) is 2.63. The van der Waals surface area contributed by atoms with Crippen LogP contribution in [-0.2, 0) is 9.53 Å². The van der Waals surface area contributed by atoms with Crippen LogP contribution >= 0.6 is 0 Å². The first-order valence-electron chi connectivity index (χ1n) is 9.58. The third-order valence-corrected chi connectivity index (χ3v) is 6.08. The van der Waals surface area contributed by atoms with Crippen LogP contribution in [0.3, 0.4) is 0 Å². The molecule has 1 saturated heterocycles. The van der Waals surface area contributed by atoms with Gasteiger partial charge in [0, 0.05) is 19.3 Å². The van der Waals surface area contributed by atoms with Gasteiger partial charge in [0.1, 0.15) is 17.2 Å². The zero-order valence-corrected chi connectivity index (χ0v) is 15.1. The van der Waals surface area contributed by atoms with E-state index >= 15 is 0 Å². The molecule has 0 spiro atoms. The Kier molecular flexibility index (Phi) is 6.24. The zero-order chi connectivity index (χ0) is 18.6. The summed E-state index contributed by atoms with van der Waals surface area (Å²) in [6.45, 7) is 1.87. The first-order chi connectivity index (χ1) is 12.5. The number of rotatable bonds is 6. The van der Waals surface area contributed by atoms with Crippen molar-refractivity contribution in [1.29, 1.82) is 0 Å². The van der Waals surface area contributed by atoms with Gasteiger partial charge in [-0.15, -0.1) is 0 Å². The van der Waals surface area contributed by atoms with Gasteiger partial charge in [-0.05, 0) is 75.0 Å². The van der Waals surface area contributed by atoms with Crippen molar-refractivity contribution in [2.75, 3.05) is 19.8 Å². The van der Waals surface area contributed by atoms with Gasteiger partial charge in [-0.1, -0.05) is 6.07 Å². The molecule has 3 rings (SSSR count). The predicted molar refractivity (Wildman–Crippen MR) is 95.7 cm³/mol. The van der Waals surface area contributed by atoms with Gasteiger partial charge in [0.25, 0.3) is 0 Å². The van der Waals surface area contributed by atoms with Gasteiger partial charge < -0.3 is 15.8 Å². The smallest absolute Gasteiger partial charge is 0.237 e. The Hall–Kier alpha value is -1.53. The third kappa shape index (κ3) is 4.41. The lowest BCUT2D eigenvalue weighted by molar-refractivity contribution is -0.128. The number of carbonyl (C=O) groups is 1. The Bertz CT molecular complexity index is 624. The van der Waals surface area contributed by atoms with E-state index in [1.54, 1.807) is 6.07 Å². The molecule has 2 aliphatic rings. The van der Waals surface area contributed by atoms with E-state index in [1.807, 2.05) is 0 Å². The second-order valence-corrected chi connectivity index (χ2v) is 7.66. The van der Waals surface area contributed by atoms with Crippen LogP contribution in [-0.4, -0.2) is 31.2 Å². The molecule has 26 heavy (non-hydrogen) atoms. The van der Waals surface area contributed by atoms with Gasteiger partial charge in [-0.2, -0.15) is 0 Å². The molecule has 1 amide bonds. The molecule has 144 valence electrons. The fraction of sp³-hybridized carbons (Fsp3) is 0.650. The summed E-state index contributed by atoms with van der Waals surface area (Å²) in [6, 6.07) is 3.90. The van der Waals surface area contributed by atoms with Crippen molar-refractivity contribution < 1.29 is 18.3 Å². The number of ether oxygens (including phenoxy) is 1. The van der Waals surface area contributed by atoms with Crippen molar-refractivity contribution in [1.82, 2.24) is 5.32 Å². The van der Waals surface area contributed by atoms with E-state index in [1.165, 1.54) is 6.07 Å². The fourth-order valence-electron chi connectivity index (χ4n) is 4.34. The van der Waals surface area contributed by atoms with E-state index < -0.39 is 17.2 Å². The topological polar surface area (TPSA) is 64.4 Å². The quantitative estimate of drug-likeness (QED) is 0.812. The highest BCUT2D eigenvalue weighted by atomic mass is 19.1. The lowest BCUT2D eigenvalue weighted by Crippen LogP contribution is -2.58. The standard InChI is InChI=1S/C20H28F2N2O2/c21-16-5-6-17(18(22)13-16)15-3-1-14(2-4-15)7-10-24-20(19(23)25)8-11-26-12-9-20/h5-6,13-15,24H,1-4,7-12H2,(H2,23,25)/t14-,15-. The van der Waals surface area contributed by atoms with Gasteiger partial charge in [-0.25, -0.2) is 8.78 Å². The number of hydrogen-bond donors (Lipinski definition) is 2. The van der Waals surface area contributed by atoms with E-state index in [0.717, 1.165) is 44.7 Å². The number of amides is 1. The minimum absolute atomic E-state index is 0.173. The van der Waals surface area contributed by atoms with Crippen LogP contribution in [0.2, 0.25) is 0 Å². The van der Waals surface area contributed by atoms with Gasteiger partial charge in [0.2, 0.25) is 5.91 Å². The van der Waals surface area contributed by atoms with Gasteiger partial charge in [0.05, 0.1) is 0 Å². The number of nitrogens with two attached hydrogens (primary N) is 1. The molecule has 1 aliphatic heterocycles. The van der Waals surface area contributed by atoms with Crippen molar-refractivity contribution in [2.45, 2.75) is 56.4 Å². The van der Waals surface area contributed by atoms with Crippen LogP contribution in [0.25, 0.3) is 0 Å². The summed E-state index contributed by atoms with van der Waals surface area (Å²) >= 11 is 0. The molecule has 6 heteroatoms. The summed E-state index contributed by atoms with van der Waals surface area (Å²) in [4.78, 5) is 11.9. The number of halogens is 2. The lowest BCUT2D eigenvalue weighted by Gasteiger charge is -2.36. The maximum Gasteiger partial charge on any atom is 0.237 e. The van der Waals surface area contributed by atoms with Crippen molar-refractivity contribution in [3.05, 3.63) is 35.4 Å². The highest BCUT2D eigenvalue weighted by Crippen LogP contribution is 2.38. The minimum atomic E-state index is -0.632. The Morgan fingerprint density at radius 3 is 2.50 bits per heavy atom. The van der Waals surface area contributed by atoms with E-state index in [-0.39, 0.29) is 11.8 Å². The van der Waals surface area contributed by atoms with Crippen LogP contribution in [0.1, 0.15) is 56.4 Å². The van der Waals surface area contributed by atoms with Crippen LogP contribution in [0.15, 0.2) is 18.2 Å². The second-order valence-electron chi connectivity index (χ2n) is 7.66. The summed E-state index contributed by atoms with van der Waals surface area (Å²) in [5.74, 6) is -0.517. The maximum atomic E-state index is 14.0. The molecule has 1 aliphatic carbocycles. The fourth-order valence-corrected chi connectivity index (χ4v) is 4.34. The number of benzene rings is 1. The summed E-state index contributed by atoms with van der Waals surface area (Å²) in [6.07, 6.45) is 6.11. The Balaban J connectivity index is 1.46. The average molecular weight is 366 g/mol. The number of carbonyl (C=O) groups excluding carboxylic acids is 1. The van der Waals surface area contributed by atoms with E-state index in [2.05, 4.69) is 5.32 Å². The molecule has 3 N–H and O–H groups in total. The molecule has 1 aromatic rings. The molecule has 1 saturated carbocycles. The monoisotopic (exact) mass is 366 g/mol. The van der Waals surface area contributed by atoms with E-state index in [0.29, 0.717) is 37.5 Å². The molecule has 2 fully saturated rings. The van der Waals surface area contributed by atoms with Crippen molar-refractivity contribution in [3.63, 3.8) is 0 Å². The summed E-state index contributed by atoms with van der Waals surface area (Å²) in [5, 5.41) is 3.38. The molecule has 0 radical (unpaired) electrons. The molecule has 1 aromatic carbocycles. The minimum Gasteiger partial charge on any atom is -0.381 e. The molecule has 0 aromatic heterocycles. The third-order valence-electron chi connectivity index (χ3n) is 6.08. The maximum absolute atomic E-state index is 14.0. The van der Waals surface area contributed by atoms with Crippen LogP contribution in [0.5, 0.6) is 0 Å². The normalized spacial score (nSPS) is 25.8. The number of hydrogen-bond acceptors (Lipinski definition) is 3.